The Kier molecular flexibility index (Phi) is 6.53. The van der Waals surface area contributed by atoms with Crippen molar-refractivity contribution in [2.75, 3.05) is 0 Å². The summed E-state index contributed by atoms with van der Waals surface area (Å²) in [5.41, 5.74) is -0.342. The third kappa shape index (κ3) is 5.48. The predicted molar refractivity (Wildman–Crippen MR) is 95.0 cm³/mol. The summed E-state index contributed by atoms with van der Waals surface area (Å²) >= 11 is 3.27. The van der Waals surface area contributed by atoms with Gasteiger partial charge in [0.2, 0.25) is 5.91 Å². The van der Waals surface area contributed by atoms with Crippen LogP contribution >= 0.6 is 15.9 Å². The van der Waals surface area contributed by atoms with E-state index in [1.807, 2.05) is 13.8 Å². The lowest BCUT2D eigenvalue weighted by Gasteiger charge is -2.26. The fourth-order valence-corrected chi connectivity index (χ4v) is 2.93. The molecule has 0 unspecified atom stereocenters. The quantitative estimate of drug-likeness (QED) is 0.678. The first-order chi connectivity index (χ1) is 11.8. The monoisotopic (exact) mass is 413 g/mol. The highest BCUT2D eigenvalue weighted by Gasteiger charge is 2.46. The topological polar surface area (TPSA) is 64.9 Å². The molecule has 2 rings (SSSR count). The molecule has 4 nitrogen and oxygen atoms in total. The third-order valence-electron chi connectivity index (χ3n) is 4.22. The van der Waals surface area contributed by atoms with Gasteiger partial charge in [0, 0.05) is 4.47 Å². The van der Waals surface area contributed by atoms with Gasteiger partial charge in [-0.3, -0.25) is 10.1 Å². The largest absolute Gasteiger partial charge is 0.342 e. The molecule has 1 saturated carbocycles. The van der Waals surface area contributed by atoms with E-state index in [0.717, 1.165) is 4.47 Å². The predicted octanol–water partition coefficient (Wildman–Crippen LogP) is 3.93. The number of alkyl halides is 2. The molecule has 1 amide bonds. The summed E-state index contributed by atoms with van der Waals surface area (Å²) in [6.45, 7) is 3.90. The molecule has 136 valence electrons. The lowest BCUT2D eigenvalue weighted by Crippen LogP contribution is -2.51. The van der Waals surface area contributed by atoms with E-state index in [1.165, 1.54) is 0 Å². The molecule has 0 saturated heterocycles. The normalized spacial score (nSPS) is 17.8. The van der Waals surface area contributed by atoms with Crippen LogP contribution in [-0.2, 0) is 4.79 Å². The van der Waals surface area contributed by atoms with E-state index >= 15 is 0 Å². The Labute approximate surface area is 155 Å². The fourth-order valence-electron chi connectivity index (χ4n) is 2.67. The number of carbonyl (C=O) groups is 1. The average Bonchev–Trinajstić information content (AvgIpc) is 3.32. The molecule has 1 aliphatic carbocycles. The second-order valence-electron chi connectivity index (χ2n) is 6.89. The van der Waals surface area contributed by atoms with Crippen LogP contribution in [-0.4, -0.2) is 23.9 Å². The van der Waals surface area contributed by atoms with E-state index < -0.39 is 30.0 Å². The van der Waals surface area contributed by atoms with Crippen LogP contribution in [0.25, 0.3) is 0 Å². The Morgan fingerprint density at radius 2 is 1.92 bits per heavy atom. The zero-order valence-corrected chi connectivity index (χ0v) is 15.8. The van der Waals surface area contributed by atoms with E-state index in [0.29, 0.717) is 24.8 Å². The lowest BCUT2D eigenvalue weighted by atomic mass is 10.0. The van der Waals surface area contributed by atoms with Crippen LogP contribution in [0.2, 0.25) is 0 Å². The van der Waals surface area contributed by atoms with Gasteiger partial charge in [0.15, 0.2) is 0 Å². The summed E-state index contributed by atoms with van der Waals surface area (Å²) in [4.78, 5) is 12.6. The van der Waals surface area contributed by atoms with Crippen molar-refractivity contribution in [1.82, 2.24) is 10.6 Å². The molecule has 2 N–H and O–H groups in total. The molecule has 0 spiro atoms. The summed E-state index contributed by atoms with van der Waals surface area (Å²) in [5, 5.41) is 14.7. The van der Waals surface area contributed by atoms with Crippen molar-refractivity contribution in [3.05, 3.63) is 34.3 Å². The number of rotatable bonds is 8. The molecule has 7 heteroatoms. The number of halogens is 3. The molecule has 1 aromatic carbocycles. The highest BCUT2D eigenvalue weighted by atomic mass is 79.9. The Hall–Kier alpha value is -1.52. The second-order valence-corrected chi connectivity index (χ2v) is 7.81. The molecule has 1 aliphatic rings. The van der Waals surface area contributed by atoms with Crippen molar-refractivity contribution < 1.29 is 13.6 Å². The van der Waals surface area contributed by atoms with Crippen molar-refractivity contribution >= 4 is 21.8 Å². The Morgan fingerprint density at radius 1 is 1.32 bits per heavy atom. The highest BCUT2D eigenvalue weighted by Crippen LogP contribution is 2.35. The number of hydrogen-bond donors (Lipinski definition) is 2. The Morgan fingerprint density at radius 3 is 2.36 bits per heavy atom. The fraction of sp³-hybridized carbons (Fsp3) is 0.556. The van der Waals surface area contributed by atoms with Crippen molar-refractivity contribution in [3.63, 3.8) is 0 Å². The van der Waals surface area contributed by atoms with Crippen LogP contribution in [0.1, 0.15) is 44.7 Å². The van der Waals surface area contributed by atoms with Crippen LogP contribution < -0.4 is 10.6 Å². The minimum atomic E-state index is -2.73. The minimum Gasteiger partial charge on any atom is -0.342 e. The number of benzene rings is 1. The van der Waals surface area contributed by atoms with Gasteiger partial charge in [0.1, 0.15) is 11.6 Å². The number of nitrogens with zero attached hydrogens (tertiary/aromatic N) is 1. The van der Waals surface area contributed by atoms with Gasteiger partial charge in [-0.25, -0.2) is 8.78 Å². The summed E-state index contributed by atoms with van der Waals surface area (Å²) in [6, 6.07) is 6.58. The van der Waals surface area contributed by atoms with Gasteiger partial charge in [0.25, 0.3) is 6.43 Å². The SMILES string of the molecule is CC(C)C[C@H](NC1(C#N)CC1)C(=O)N[C@@H](c1ccc(Br)cc1)C(F)F. The molecule has 25 heavy (non-hydrogen) atoms. The maximum Gasteiger partial charge on any atom is 0.262 e. The van der Waals surface area contributed by atoms with Gasteiger partial charge < -0.3 is 5.32 Å². The van der Waals surface area contributed by atoms with Crippen molar-refractivity contribution in [2.24, 2.45) is 5.92 Å². The van der Waals surface area contributed by atoms with Crippen molar-refractivity contribution in [3.8, 4) is 6.07 Å². The summed E-state index contributed by atoms with van der Waals surface area (Å²) in [6.07, 6.45) is -0.895. The number of carbonyl (C=O) groups excluding carboxylic acids is 1. The summed E-state index contributed by atoms with van der Waals surface area (Å²) in [5.74, 6) is -0.307. The Balaban J connectivity index is 2.13. The maximum absolute atomic E-state index is 13.5. The molecular weight excluding hydrogens is 392 g/mol. The van der Waals surface area contributed by atoms with E-state index in [4.69, 9.17) is 0 Å². The van der Waals surface area contributed by atoms with Gasteiger partial charge in [-0.15, -0.1) is 0 Å². The average molecular weight is 414 g/mol. The van der Waals surface area contributed by atoms with Crippen LogP contribution in [0.15, 0.2) is 28.7 Å². The van der Waals surface area contributed by atoms with Gasteiger partial charge in [-0.05, 0) is 42.9 Å². The van der Waals surface area contributed by atoms with Gasteiger partial charge in [-0.2, -0.15) is 5.26 Å². The van der Waals surface area contributed by atoms with Crippen LogP contribution in [0.4, 0.5) is 8.78 Å². The molecule has 0 bridgehead atoms. The standard InChI is InChI=1S/C18H22BrF2N3O/c1-11(2)9-14(24-18(10-22)7-8-18)17(25)23-15(16(20)21)12-3-5-13(19)6-4-12/h3-6,11,14-16,24H,7-9H2,1-2H3,(H,23,25)/t14-,15-/m0/s1. The van der Waals surface area contributed by atoms with Gasteiger partial charge in [0.05, 0.1) is 12.1 Å². The lowest BCUT2D eigenvalue weighted by molar-refractivity contribution is -0.125. The molecule has 0 heterocycles. The zero-order valence-electron chi connectivity index (χ0n) is 14.2. The van der Waals surface area contributed by atoms with Crippen molar-refractivity contribution in [1.29, 1.82) is 5.26 Å². The van der Waals surface area contributed by atoms with Crippen LogP contribution in [0, 0.1) is 17.2 Å². The smallest absolute Gasteiger partial charge is 0.262 e. The molecule has 2 atom stereocenters. The number of hydrogen-bond acceptors (Lipinski definition) is 3. The molecule has 0 radical (unpaired) electrons. The molecule has 1 aromatic rings. The van der Waals surface area contributed by atoms with Crippen LogP contribution in [0.3, 0.4) is 0 Å². The van der Waals surface area contributed by atoms with Crippen LogP contribution in [0.5, 0.6) is 0 Å². The van der Waals surface area contributed by atoms with Gasteiger partial charge >= 0.3 is 0 Å². The first-order valence-corrected chi connectivity index (χ1v) is 9.08. The Bertz CT molecular complexity index is 639. The molecule has 1 fully saturated rings. The summed E-state index contributed by atoms with van der Waals surface area (Å²) in [7, 11) is 0. The van der Waals surface area contributed by atoms with E-state index in [2.05, 4.69) is 32.6 Å². The first kappa shape index (κ1) is 19.8. The maximum atomic E-state index is 13.5. The number of nitriles is 1. The second kappa shape index (κ2) is 8.24. The molecular formula is C18H22BrF2N3O. The number of nitrogens with one attached hydrogen (secondary N) is 2. The van der Waals surface area contributed by atoms with Crippen molar-refractivity contribution in [2.45, 2.75) is 57.2 Å². The highest BCUT2D eigenvalue weighted by molar-refractivity contribution is 9.10. The summed E-state index contributed by atoms with van der Waals surface area (Å²) < 4.78 is 27.8. The minimum absolute atomic E-state index is 0.190. The third-order valence-corrected chi connectivity index (χ3v) is 4.75. The molecule has 0 aromatic heterocycles. The van der Waals surface area contributed by atoms with E-state index in [-0.39, 0.29) is 5.92 Å². The number of amides is 1. The van der Waals surface area contributed by atoms with Gasteiger partial charge in [-0.1, -0.05) is 41.9 Å². The van der Waals surface area contributed by atoms with E-state index in [9.17, 15) is 18.8 Å². The first-order valence-electron chi connectivity index (χ1n) is 8.29. The molecule has 0 aliphatic heterocycles. The van der Waals surface area contributed by atoms with E-state index in [1.54, 1.807) is 24.3 Å². The zero-order chi connectivity index (χ0) is 18.6.